The van der Waals surface area contributed by atoms with Crippen molar-refractivity contribution in [1.29, 1.82) is 0 Å². The van der Waals surface area contributed by atoms with Crippen LogP contribution in [-0.2, 0) is 37.8 Å². The zero-order chi connectivity index (χ0) is 44.3. The number of ether oxygens (including phenoxy) is 2. The summed E-state index contributed by atoms with van der Waals surface area (Å²) in [6.07, 6.45) is 12.0. The number of nitrogens with zero attached hydrogens (tertiary/aromatic N) is 6. The second kappa shape index (κ2) is 18.3. The molecule has 1 saturated heterocycles. The molecule has 1 atom stereocenters. The molecule has 1 amide bonds. The number of rotatable bonds is 12. The van der Waals surface area contributed by atoms with Crippen molar-refractivity contribution >= 4 is 38.5 Å². The minimum absolute atomic E-state index is 0.138. The van der Waals surface area contributed by atoms with Crippen LogP contribution in [0.3, 0.4) is 0 Å². The summed E-state index contributed by atoms with van der Waals surface area (Å²) >= 11 is 0. The Kier molecular flexibility index (Phi) is 12.5. The summed E-state index contributed by atoms with van der Waals surface area (Å²) in [5.74, 6) is -4.33. The van der Waals surface area contributed by atoms with Gasteiger partial charge in [-0.1, -0.05) is 6.42 Å². The Balaban J connectivity index is 0.986. The maximum atomic E-state index is 15.6. The predicted molar refractivity (Wildman–Crippen MR) is 226 cm³/mol. The molecule has 2 aliphatic rings. The van der Waals surface area contributed by atoms with Gasteiger partial charge in [0, 0.05) is 74.2 Å². The highest BCUT2D eigenvalue weighted by atomic mass is 32.2. The number of benzene rings is 1. The summed E-state index contributed by atoms with van der Waals surface area (Å²) in [6.45, 7) is 1.30. The van der Waals surface area contributed by atoms with Gasteiger partial charge in [-0.15, -0.1) is 0 Å². The molecule has 63 heavy (non-hydrogen) atoms. The molecule has 19 heteroatoms. The van der Waals surface area contributed by atoms with Gasteiger partial charge in [-0.05, 0) is 92.6 Å². The van der Waals surface area contributed by atoms with Crippen molar-refractivity contribution in [2.45, 2.75) is 74.5 Å². The van der Waals surface area contributed by atoms with Gasteiger partial charge in [-0.2, -0.15) is 8.42 Å². The van der Waals surface area contributed by atoms with Crippen LogP contribution in [0.1, 0.15) is 72.6 Å². The molecule has 326 valence electrons. The van der Waals surface area contributed by atoms with Crippen LogP contribution < -0.4 is 21.3 Å². The Labute approximate surface area is 359 Å². The minimum atomic E-state index is -4.53. The number of pyridine rings is 4. The molecule has 0 bridgehead atoms. The number of aryl methyl sites for hydroxylation is 1. The predicted octanol–water partition coefficient (Wildman–Crippen LogP) is 5.13. The number of sulfonamides is 1. The third-order valence-electron chi connectivity index (χ3n) is 11.3. The normalized spacial score (nSPS) is 15.5. The molecule has 6 aromatic rings. The van der Waals surface area contributed by atoms with E-state index in [0.29, 0.717) is 49.3 Å². The first-order valence-electron chi connectivity index (χ1n) is 20.4. The van der Waals surface area contributed by atoms with E-state index in [9.17, 15) is 27.6 Å². The molecule has 2 fully saturated rings. The Bertz CT molecular complexity index is 2920. The van der Waals surface area contributed by atoms with E-state index in [4.69, 9.17) is 9.47 Å². The lowest BCUT2D eigenvalue weighted by atomic mass is 9.94. The summed E-state index contributed by atoms with van der Waals surface area (Å²) in [5.41, 5.74) is 0.186. The topological polar surface area (TPSA) is 206 Å². The minimum Gasteiger partial charge on any atom is -0.461 e. The molecule has 2 N–H and O–H groups in total. The molecular weight excluding hydrogens is 839 g/mol. The highest BCUT2D eigenvalue weighted by Gasteiger charge is 2.30. The van der Waals surface area contributed by atoms with Gasteiger partial charge < -0.3 is 14.8 Å². The van der Waals surface area contributed by atoms with Crippen molar-refractivity contribution in [1.82, 2.24) is 34.4 Å². The van der Waals surface area contributed by atoms with Crippen molar-refractivity contribution in [2.75, 3.05) is 17.9 Å². The van der Waals surface area contributed by atoms with Crippen LogP contribution in [0, 0.1) is 11.6 Å². The van der Waals surface area contributed by atoms with Gasteiger partial charge in [0.1, 0.15) is 23.8 Å². The van der Waals surface area contributed by atoms with Gasteiger partial charge in [-0.25, -0.2) is 27.9 Å². The maximum absolute atomic E-state index is 15.6. The zero-order valence-electron chi connectivity index (χ0n) is 34.0. The third-order valence-corrected chi connectivity index (χ3v) is 12.6. The quantitative estimate of drug-likeness (QED) is 0.154. The summed E-state index contributed by atoms with van der Waals surface area (Å²) in [7, 11) is -3.03. The highest BCUT2D eigenvalue weighted by Crippen LogP contribution is 2.30. The Morgan fingerprint density at radius 3 is 2.40 bits per heavy atom. The van der Waals surface area contributed by atoms with Crippen LogP contribution in [0.4, 0.5) is 14.5 Å². The molecule has 1 saturated carbocycles. The van der Waals surface area contributed by atoms with Gasteiger partial charge in [0.25, 0.3) is 21.5 Å². The van der Waals surface area contributed by atoms with E-state index in [0.717, 1.165) is 47.9 Å². The number of anilines is 1. The standard InChI is InChI=1S/C44H42F2N8O8S/c1-53-39-25-47-15-12-32(39)42(56)54(44(53)58)30-9-8-29(49-24-30)20-38(43(57)62-31-5-3-2-4-6-31)51-41(55)33-21-35(46)37(22-34(33)45)52-63(59,60)40-10-7-28(23-50-40)27-11-16-48-36(19-27)26-13-17-61-18-14-26/h7-12,15-16,19,21-26,31,38,52H,2-6,13-14,17-18,20H2,1H3,(H,51,55)/t38-/m0/s1. The Morgan fingerprint density at radius 2 is 1.67 bits per heavy atom. The second-order valence-corrected chi connectivity index (χ2v) is 17.1. The average Bonchev–Trinajstić information content (AvgIpc) is 3.30. The molecular formula is C44H42F2N8O8S. The number of halogens is 2. The van der Waals surface area contributed by atoms with Crippen molar-refractivity contribution in [3.05, 3.63) is 135 Å². The molecule has 1 aromatic carbocycles. The van der Waals surface area contributed by atoms with Gasteiger partial charge in [0.2, 0.25) is 0 Å². The van der Waals surface area contributed by atoms with Gasteiger partial charge >= 0.3 is 11.7 Å². The monoisotopic (exact) mass is 880 g/mol. The van der Waals surface area contributed by atoms with E-state index in [1.807, 2.05) is 10.8 Å². The first kappa shape index (κ1) is 42.9. The molecule has 6 heterocycles. The number of hydrogen-bond donors (Lipinski definition) is 2. The van der Waals surface area contributed by atoms with E-state index < -0.39 is 73.2 Å². The first-order chi connectivity index (χ1) is 30.4. The highest BCUT2D eigenvalue weighted by molar-refractivity contribution is 7.92. The Morgan fingerprint density at radius 1 is 0.873 bits per heavy atom. The third kappa shape index (κ3) is 9.39. The number of amides is 1. The number of aromatic nitrogens is 6. The van der Waals surface area contributed by atoms with Crippen LogP contribution in [0.5, 0.6) is 0 Å². The molecule has 5 aromatic heterocycles. The number of fused-ring (bicyclic) bond motifs is 1. The lowest BCUT2D eigenvalue weighted by Gasteiger charge is -2.25. The van der Waals surface area contributed by atoms with E-state index in [1.54, 1.807) is 18.3 Å². The second-order valence-electron chi connectivity index (χ2n) is 15.5. The largest absolute Gasteiger partial charge is 0.461 e. The zero-order valence-corrected chi connectivity index (χ0v) is 34.8. The number of nitrogens with one attached hydrogen (secondary N) is 2. The maximum Gasteiger partial charge on any atom is 0.335 e. The van der Waals surface area contributed by atoms with E-state index >= 15 is 8.78 Å². The van der Waals surface area contributed by atoms with Crippen LogP contribution in [0.15, 0.2) is 100 Å². The van der Waals surface area contributed by atoms with Gasteiger partial charge in [0.15, 0.2) is 5.03 Å². The van der Waals surface area contributed by atoms with E-state index in [2.05, 4.69) is 25.3 Å². The molecule has 0 spiro atoms. The number of hydrogen-bond acceptors (Lipinski definition) is 12. The Hall–Kier alpha value is -6.73. The van der Waals surface area contributed by atoms with Crippen LogP contribution >= 0.6 is 0 Å². The number of carbonyl (C=O) groups is 2. The lowest BCUT2D eigenvalue weighted by molar-refractivity contribution is -0.152. The van der Waals surface area contributed by atoms with E-state index in [-0.39, 0.29) is 29.1 Å². The van der Waals surface area contributed by atoms with Crippen molar-refractivity contribution in [3.8, 4) is 16.8 Å². The molecule has 1 aliphatic heterocycles. The number of carbonyl (C=O) groups excluding carboxylic acids is 2. The molecule has 8 rings (SSSR count). The molecule has 0 unspecified atom stereocenters. The summed E-state index contributed by atoms with van der Waals surface area (Å²) < 4.78 is 73.2. The molecule has 0 radical (unpaired) electrons. The summed E-state index contributed by atoms with van der Waals surface area (Å²) in [6, 6.07) is 10.5. The van der Waals surface area contributed by atoms with Crippen LogP contribution in [-0.4, -0.2) is 74.7 Å². The molecule has 1 aliphatic carbocycles. The van der Waals surface area contributed by atoms with Crippen molar-refractivity contribution in [2.24, 2.45) is 7.05 Å². The average molecular weight is 881 g/mol. The van der Waals surface area contributed by atoms with Gasteiger partial charge in [0.05, 0.1) is 40.2 Å². The number of esters is 1. The van der Waals surface area contributed by atoms with Gasteiger partial charge in [-0.3, -0.25) is 33.8 Å². The summed E-state index contributed by atoms with van der Waals surface area (Å²) in [5, 5.41) is 2.22. The van der Waals surface area contributed by atoms with Crippen LogP contribution in [0.2, 0.25) is 0 Å². The summed E-state index contributed by atoms with van der Waals surface area (Å²) in [4.78, 5) is 70.5. The first-order valence-corrected chi connectivity index (χ1v) is 21.9. The van der Waals surface area contributed by atoms with Crippen LogP contribution in [0.25, 0.3) is 27.7 Å². The fourth-order valence-electron chi connectivity index (χ4n) is 7.81. The fraction of sp³-hybridized carbons (Fsp3) is 0.318. The SMILES string of the molecule is Cn1c(=O)n(-c2ccc(C[C@H](NC(=O)c3cc(F)c(NS(=O)(=O)c4ccc(-c5ccnc(C6CCOCC6)c5)cn4)cc3F)C(=O)OC3CCCCC3)nc2)c(=O)c2ccncc21. The lowest BCUT2D eigenvalue weighted by Crippen LogP contribution is -2.45. The van der Waals surface area contributed by atoms with E-state index in [1.165, 1.54) is 60.7 Å². The smallest absolute Gasteiger partial charge is 0.335 e. The van der Waals surface area contributed by atoms with Crippen molar-refractivity contribution in [3.63, 3.8) is 0 Å². The molecule has 16 nitrogen and oxygen atoms in total. The van der Waals surface area contributed by atoms with Crippen molar-refractivity contribution < 1.29 is 36.3 Å². The fourth-order valence-corrected chi connectivity index (χ4v) is 8.80.